The van der Waals surface area contributed by atoms with Gasteiger partial charge in [0.05, 0.1) is 30.0 Å². The van der Waals surface area contributed by atoms with E-state index < -0.39 is 37.4 Å². The lowest BCUT2D eigenvalue weighted by Crippen LogP contribution is -2.32. The van der Waals surface area contributed by atoms with Crippen LogP contribution in [0.4, 0.5) is 0 Å². The van der Waals surface area contributed by atoms with E-state index in [0.717, 1.165) is 6.26 Å². The Hall–Kier alpha value is -1.43. The van der Waals surface area contributed by atoms with Crippen molar-refractivity contribution in [1.29, 1.82) is 5.26 Å². The summed E-state index contributed by atoms with van der Waals surface area (Å²) in [5.74, 6) is -0.961. The molecule has 110 valence electrons. The van der Waals surface area contributed by atoms with Crippen LogP contribution < -0.4 is 4.72 Å². The largest absolute Gasteiger partial charge is 0.229 e. The maximum absolute atomic E-state index is 11.9. The normalized spacial score (nSPS) is 13.6. The fourth-order valence-corrected chi connectivity index (χ4v) is 4.40. The standard InChI is InChI=1S/C12H16N2O4S2/c1-19(15,16)9-10-20(17,18)14-12(7-8-13)11-5-3-2-4-6-11/h2-6,12,14H,7,9-10H2,1H3. The van der Waals surface area contributed by atoms with Gasteiger partial charge in [-0.3, -0.25) is 0 Å². The van der Waals surface area contributed by atoms with E-state index in [1.54, 1.807) is 30.3 Å². The highest BCUT2D eigenvalue weighted by Crippen LogP contribution is 2.17. The molecular formula is C12H16N2O4S2. The molecule has 1 aromatic carbocycles. The molecule has 0 heterocycles. The zero-order valence-electron chi connectivity index (χ0n) is 11.0. The number of rotatable bonds is 7. The minimum Gasteiger partial charge on any atom is -0.229 e. The molecule has 0 aliphatic rings. The Labute approximate surface area is 119 Å². The second-order valence-electron chi connectivity index (χ2n) is 4.39. The van der Waals surface area contributed by atoms with Gasteiger partial charge in [-0.2, -0.15) is 5.26 Å². The first-order valence-electron chi connectivity index (χ1n) is 5.83. The first-order chi connectivity index (χ1) is 9.23. The zero-order chi connectivity index (χ0) is 15.2. The van der Waals surface area contributed by atoms with E-state index in [-0.39, 0.29) is 6.42 Å². The van der Waals surface area contributed by atoms with Gasteiger partial charge in [-0.25, -0.2) is 21.6 Å². The lowest BCUT2D eigenvalue weighted by Gasteiger charge is -2.16. The molecule has 6 nitrogen and oxygen atoms in total. The summed E-state index contributed by atoms with van der Waals surface area (Å²) in [7, 11) is -7.12. The Morgan fingerprint density at radius 2 is 1.75 bits per heavy atom. The molecule has 0 aromatic heterocycles. The van der Waals surface area contributed by atoms with Gasteiger partial charge in [0.25, 0.3) is 0 Å². The molecule has 0 saturated heterocycles. The molecule has 0 saturated carbocycles. The number of benzene rings is 1. The van der Waals surface area contributed by atoms with Gasteiger partial charge in [0, 0.05) is 6.26 Å². The molecule has 0 spiro atoms. The summed E-state index contributed by atoms with van der Waals surface area (Å²) in [6.07, 6.45) is 0.953. The molecule has 1 N–H and O–H groups in total. The molecule has 0 bridgehead atoms. The van der Waals surface area contributed by atoms with Crippen molar-refractivity contribution in [3.05, 3.63) is 35.9 Å². The van der Waals surface area contributed by atoms with Crippen LogP contribution in [-0.2, 0) is 19.9 Å². The fraction of sp³-hybridized carbons (Fsp3) is 0.417. The summed E-state index contributed by atoms with van der Waals surface area (Å²) in [5.41, 5.74) is 0.664. The number of sulfone groups is 1. The van der Waals surface area contributed by atoms with Gasteiger partial charge in [-0.15, -0.1) is 0 Å². The van der Waals surface area contributed by atoms with E-state index >= 15 is 0 Å². The summed E-state index contributed by atoms with van der Waals surface area (Å²) in [6, 6.07) is 9.92. The maximum atomic E-state index is 11.9. The third-order valence-corrected chi connectivity index (χ3v) is 5.13. The van der Waals surface area contributed by atoms with Crippen LogP contribution in [0.25, 0.3) is 0 Å². The number of nitrogens with one attached hydrogen (secondary N) is 1. The predicted molar refractivity (Wildman–Crippen MR) is 76.0 cm³/mol. The van der Waals surface area contributed by atoms with Crippen molar-refractivity contribution >= 4 is 19.9 Å². The first-order valence-corrected chi connectivity index (χ1v) is 9.54. The van der Waals surface area contributed by atoms with E-state index in [9.17, 15) is 16.8 Å². The summed E-state index contributed by atoms with van der Waals surface area (Å²) >= 11 is 0. The highest BCUT2D eigenvalue weighted by Gasteiger charge is 2.20. The quantitative estimate of drug-likeness (QED) is 0.793. The smallest absolute Gasteiger partial charge is 0.213 e. The Morgan fingerprint density at radius 3 is 2.25 bits per heavy atom. The minimum atomic E-state index is -3.76. The topological polar surface area (TPSA) is 104 Å². The van der Waals surface area contributed by atoms with Crippen molar-refractivity contribution in [2.24, 2.45) is 0 Å². The van der Waals surface area contributed by atoms with Crippen LogP contribution in [0.2, 0.25) is 0 Å². The summed E-state index contributed by atoms with van der Waals surface area (Å²) < 4.78 is 48.1. The molecule has 0 aliphatic carbocycles. The van der Waals surface area contributed by atoms with Gasteiger partial charge in [0.1, 0.15) is 9.84 Å². The summed E-state index contributed by atoms with van der Waals surface area (Å²) in [4.78, 5) is 0. The number of hydrogen-bond donors (Lipinski definition) is 1. The van der Waals surface area contributed by atoms with Crippen molar-refractivity contribution in [3.63, 3.8) is 0 Å². The molecule has 1 unspecified atom stereocenters. The van der Waals surface area contributed by atoms with Gasteiger partial charge in [-0.05, 0) is 5.56 Å². The maximum Gasteiger partial charge on any atom is 0.213 e. The van der Waals surface area contributed by atoms with Gasteiger partial charge >= 0.3 is 0 Å². The Bertz CT molecular complexity index is 676. The predicted octanol–water partition coefficient (Wildman–Crippen LogP) is 0.605. The molecule has 0 fully saturated rings. The zero-order valence-corrected chi connectivity index (χ0v) is 12.6. The average molecular weight is 316 g/mol. The third kappa shape index (κ3) is 6.14. The highest BCUT2D eigenvalue weighted by atomic mass is 32.2. The van der Waals surface area contributed by atoms with E-state index in [0.29, 0.717) is 5.56 Å². The van der Waals surface area contributed by atoms with Crippen LogP contribution in [0.1, 0.15) is 18.0 Å². The van der Waals surface area contributed by atoms with E-state index in [2.05, 4.69) is 4.72 Å². The van der Waals surface area contributed by atoms with Crippen molar-refractivity contribution in [2.45, 2.75) is 12.5 Å². The van der Waals surface area contributed by atoms with Crippen LogP contribution >= 0.6 is 0 Å². The number of nitrogens with zero attached hydrogens (tertiary/aromatic N) is 1. The lowest BCUT2D eigenvalue weighted by molar-refractivity contribution is 0.558. The van der Waals surface area contributed by atoms with Gasteiger partial charge in [-0.1, -0.05) is 30.3 Å². The van der Waals surface area contributed by atoms with Crippen LogP contribution in [0.5, 0.6) is 0 Å². The van der Waals surface area contributed by atoms with Gasteiger partial charge in [0.2, 0.25) is 10.0 Å². The monoisotopic (exact) mass is 316 g/mol. The first kappa shape index (κ1) is 16.6. The lowest BCUT2D eigenvalue weighted by atomic mass is 10.1. The van der Waals surface area contributed by atoms with Crippen LogP contribution in [0, 0.1) is 11.3 Å². The van der Waals surface area contributed by atoms with Crippen molar-refractivity contribution in [3.8, 4) is 6.07 Å². The average Bonchev–Trinajstić information content (AvgIpc) is 2.36. The molecule has 0 amide bonds. The minimum absolute atomic E-state index is 0.0257. The summed E-state index contributed by atoms with van der Waals surface area (Å²) in [6.45, 7) is 0. The molecule has 0 radical (unpaired) electrons. The van der Waals surface area contributed by atoms with E-state index in [4.69, 9.17) is 5.26 Å². The Kier molecular flexibility index (Phi) is 5.68. The van der Waals surface area contributed by atoms with Gasteiger partial charge < -0.3 is 0 Å². The molecule has 1 rings (SSSR count). The van der Waals surface area contributed by atoms with Crippen molar-refractivity contribution < 1.29 is 16.8 Å². The van der Waals surface area contributed by atoms with Crippen molar-refractivity contribution in [2.75, 3.05) is 17.8 Å². The summed E-state index contributed by atoms with van der Waals surface area (Å²) in [5, 5.41) is 8.77. The van der Waals surface area contributed by atoms with Crippen LogP contribution in [0.3, 0.4) is 0 Å². The number of sulfonamides is 1. The Morgan fingerprint density at radius 1 is 1.15 bits per heavy atom. The van der Waals surface area contributed by atoms with Crippen LogP contribution in [-0.4, -0.2) is 34.6 Å². The molecule has 0 aliphatic heterocycles. The third-order valence-electron chi connectivity index (χ3n) is 2.54. The Balaban J connectivity index is 2.83. The highest BCUT2D eigenvalue weighted by molar-refractivity contribution is 7.93. The SMILES string of the molecule is CS(=O)(=O)CCS(=O)(=O)NC(CC#N)c1ccccc1. The fourth-order valence-electron chi connectivity index (χ4n) is 1.54. The van der Waals surface area contributed by atoms with E-state index in [1.807, 2.05) is 6.07 Å². The molecule has 1 aromatic rings. The molecular weight excluding hydrogens is 300 g/mol. The molecule has 1 atom stereocenters. The number of hydrogen-bond acceptors (Lipinski definition) is 5. The second kappa shape index (κ2) is 6.83. The van der Waals surface area contributed by atoms with E-state index in [1.165, 1.54) is 0 Å². The van der Waals surface area contributed by atoms with Crippen LogP contribution in [0.15, 0.2) is 30.3 Å². The second-order valence-corrected chi connectivity index (χ2v) is 8.53. The van der Waals surface area contributed by atoms with Crippen molar-refractivity contribution in [1.82, 2.24) is 4.72 Å². The molecule has 20 heavy (non-hydrogen) atoms. The molecule has 8 heteroatoms. The number of nitriles is 1. The van der Waals surface area contributed by atoms with Gasteiger partial charge in [0.15, 0.2) is 0 Å².